The third-order valence-corrected chi connectivity index (χ3v) is 3.74. The minimum Gasteiger partial charge on any atom is -0.473 e. The van der Waals surface area contributed by atoms with Gasteiger partial charge in [-0.2, -0.15) is 0 Å². The molecule has 0 aliphatic carbocycles. The van der Waals surface area contributed by atoms with Crippen LogP contribution in [0.3, 0.4) is 0 Å². The second-order valence-corrected chi connectivity index (χ2v) is 5.76. The summed E-state index contributed by atoms with van der Waals surface area (Å²) in [7, 11) is 0. The number of hydrogen-bond acceptors (Lipinski definition) is 2. The lowest BCUT2D eigenvalue weighted by Gasteiger charge is -2.13. The van der Waals surface area contributed by atoms with Crippen molar-refractivity contribution in [1.82, 2.24) is 5.32 Å². The van der Waals surface area contributed by atoms with Crippen LogP contribution in [-0.4, -0.2) is 12.8 Å². The average molecular weight is 363 g/mol. The Bertz CT molecular complexity index is 659. The van der Waals surface area contributed by atoms with E-state index >= 15 is 0 Å². The monoisotopic (exact) mass is 362 g/mol. The molecule has 0 radical (unpaired) electrons. The summed E-state index contributed by atoms with van der Waals surface area (Å²) in [5.74, 6) is 0.796. The second kappa shape index (κ2) is 7.84. The van der Waals surface area contributed by atoms with Gasteiger partial charge in [0.05, 0.1) is 0 Å². The number of para-hydroxylation sites is 1. The van der Waals surface area contributed by atoms with Crippen LogP contribution >= 0.6 is 15.9 Å². The zero-order chi connectivity index (χ0) is 15.9. The zero-order valence-electron chi connectivity index (χ0n) is 12.7. The minimum absolute atomic E-state index is 0.123. The van der Waals surface area contributed by atoms with Crippen LogP contribution in [0.15, 0.2) is 46.9 Å². The number of anilines is 1. The van der Waals surface area contributed by atoms with Crippen molar-refractivity contribution in [2.45, 2.75) is 20.3 Å². The largest absolute Gasteiger partial charge is 0.473 e. The summed E-state index contributed by atoms with van der Waals surface area (Å²) in [6.45, 7) is 4.13. The molecule has 0 saturated heterocycles. The Morgan fingerprint density at radius 1 is 1.23 bits per heavy atom. The quantitative estimate of drug-likeness (QED) is 0.770. The van der Waals surface area contributed by atoms with Crippen molar-refractivity contribution in [1.29, 1.82) is 0 Å². The van der Waals surface area contributed by atoms with Crippen molar-refractivity contribution in [2.75, 3.05) is 12.0 Å². The topological polar surface area (TPSA) is 50.4 Å². The molecule has 2 rings (SSSR count). The maximum atomic E-state index is 11.9. The average Bonchev–Trinajstić information content (AvgIpc) is 2.50. The Morgan fingerprint density at radius 2 is 2.00 bits per heavy atom. The fraction of sp³-hybridized carbons (Fsp3) is 0.235. The zero-order valence-corrected chi connectivity index (χ0v) is 14.2. The molecule has 0 heterocycles. The van der Waals surface area contributed by atoms with Crippen LogP contribution in [0.1, 0.15) is 18.1 Å². The Labute approximate surface area is 139 Å². The molecule has 0 aromatic heterocycles. The lowest BCUT2D eigenvalue weighted by molar-refractivity contribution is 0.234. The molecule has 22 heavy (non-hydrogen) atoms. The van der Waals surface area contributed by atoms with Crippen molar-refractivity contribution in [3.63, 3.8) is 0 Å². The summed E-state index contributed by atoms with van der Waals surface area (Å²) in [6.07, 6.45) is 0.889. The van der Waals surface area contributed by atoms with Gasteiger partial charge in [-0.05, 0) is 48.7 Å². The molecule has 0 unspecified atom stereocenters. The highest BCUT2D eigenvalue weighted by atomic mass is 79.9. The fourth-order valence-corrected chi connectivity index (χ4v) is 2.53. The van der Waals surface area contributed by atoms with Crippen molar-refractivity contribution in [2.24, 2.45) is 0 Å². The third kappa shape index (κ3) is 4.49. The number of amides is 2. The SMILES string of the molecule is CCc1ccccc1OCNC(=O)Nc1ccc(Br)cc1C. The predicted molar refractivity (Wildman–Crippen MR) is 92.3 cm³/mol. The second-order valence-electron chi connectivity index (χ2n) is 4.84. The van der Waals surface area contributed by atoms with Gasteiger partial charge in [0, 0.05) is 10.2 Å². The molecule has 0 aliphatic heterocycles. The van der Waals surface area contributed by atoms with Crippen LogP contribution in [0.25, 0.3) is 0 Å². The molecule has 4 nitrogen and oxygen atoms in total. The van der Waals surface area contributed by atoms with E-state index in [1.165, 1.54) is 0 Å². The first-order valence-electron chi connectivity index (χ1n) is 7.12. The Kier molecular flexibility index (Phi) is 5.83. The maximum absolute atomic E-state index is 11.9. The Balaban J connectivity index is 1.85. The van der Waals surface area contributed by atoms with E-state index < -0.39 is 0 Å². The first-order valence-corrected chi connectivity index (χ1v) is 7.91. The predicted octanol–water partition coefficient (Wildman–Crippen LogP) is 4.48. The fourth-order valence-electron chi connectivity index (χ4n) is 2.05. The van der Waals surface area contributed by atoms with Crippen molar-refractivity contribution in [3.8, 4) is 5.75 Å². The molecular weight excluding hydrogens is 344 g/mol. The number of ether oxygens (including phenoxy) is 1. The molecule has 5 heteroatoms. The Hall–Kier alpha value is -2.01. The summed E-state index contributed by atoms with van der Waals surface area (Å²) in [5, 5.41) is 5.49. The summed E-state index contributed by atoms with van der Waals surface area (Å²) >= 11 is 3.40. The highest BCUT2D eigenvalue weighted by Gasteiger charge is 2.05. The lowest BCUT2D eigenvalue weighted by atomic mass is 10.1. The van der Waals surface area contributed by atoms with Gasteiger partial charge in [0.1, 0.15) is 5.75 Å². The van der Waals surface area contributed by atoms with E-state index in [9.17, 15) is 4.79 Å². The van der Waals surface area contributed by atoms with Gasteiger partial charge < -0.3 is 15.4 Å². The van der Waals surface area contributed by atoms with E-state index in [2.05, 4.69) is 33.5 Å². The van der Waals surface area contributed by atoms with E-state index in [0.717, 1.165) is 33.5 Å². The van der Waals surface area contributed by atoms with Gasteiger partial charge in [-0.1, -0.05) is 41.1 Å². The van der Waals surface area contributed by atoms with Crippen LogP contribution in [0.2, 0.25) is 0 Å². The van der Waals surface area contributed by atoms with E-state index in [1.54, 1.807) is 0 Å². The number of urea groups is 1. The molecule has 0 atom stereocenters. The van der Waals surface area contributed by atoms with Gasteiger partial charge in [-0.3, -0.25) is 0 Å². The molecule has 0 saturated carbocycles. The van der Waals surface area contributed by atoms with Crippen molar-refractivity contribution < 1.29 is 9.53 Å². The molecular formula is C17H19BrN2O2. The van der Waals surface area contributed by atoms with Gasteiger partial charge in [0.25, 0.3) is 0 Å². The maximum Gasteiger partial charge on any atom is 0.321 e. The van der Waals surface area contributed by atoms with E-state index in [1.807, 2.05) is 49.4 Å². The van der Waals surface area contributed by atoms with E-state index in [4.69, 9.17) is 4.74 Å². The molecule has 2 aromatic rings. The molecule has 116 valence electrons. The van der Waals surface area contributed by atoms with Crippen LogP contribution in [0.4, 0.5) is 10.5 Å². The standard InChI is InChI=1S/C17H19BrN2O2/c1-3-13-6-4-5-7-16(13)22-11-19-17(21)20-15-9-8-14(18)10-12(15)2/h4-10H,3,11H2,1-2H3,(H2,19,20,21). The first kappa shape index (κ1) is 16.4. The normalized spacial score (nSPS) is 10.1. The molecule has 0 aliphatic rings. The third-order valence-electron chi connectivity index (χ3n) is 3.25. The molecule has 0 bridgehead atoms. The number of carbonyl (C=O) groups excluding carboxylic acids is 1. The highest BCUT2D eigenvalue weighted by Crippen LogP contribution is 2.20. The van der Waals surface area contributed by atoms with Gasteiger partial charge in [-0.25, -0.2) is 4.79 Å². The van der Waals surface area contributed by atoms with Crippen LogP contribution in [-0.2, 0) is 6.42 Å². The number of hydrogen-bond donors (Lipinski definition) is 2. The van der Waals surface area contributed by atoms with Crippen molar-refractivity contribution >= 4 is 27.6 Å². The minimum atomic E-state index is -0.292. The van der Waals surface area contributed by atoms with Crippen LogP contribution < -0.4 is 15.4 Å². The molecule has 2 aromatic carbocycles. The number of benzene rings is 2. The van der Waals surface area contributed by atoms with Gasteiger partial charge in [0.2, 0.25) is 0 Å². The van der Waals surface area contributed by atoms with Crippen molar-refractivity contribution in [3.05, 3.63) is 58.1 Å². The number of carbonyl (C=O) groups is 1. The van der Waals surface area contributed by atoms with Gasteiger partial charge >= 0.3 is 6.03 Å². The highest BCUT2D eigenvalue weighted by molar-refractivity contribution is 9.10. The van der Waals surface area contributed by atoms with Gasteiger partial charge in [-0.15, -0.1) is 0 Å². The van der Waals surface area contributed by atoms with E-state index in [-0.39, 0.29) is 12.8 Å². The number of aryl methyl sites for hydroxylation is 2. The number of nitrogens with one attached hydrogen (secondary N) is 2. The first-order chi connectivity index (χ1) is 10.6. The molecule has 0 fully saturated rings. The summed E-state index contributed by atoms with van der Waals surface area (Å²) < 4.78 is 6.59. The lowest BCUT2D eigenvalue weighted by Crippen LogP contribution is -2.32. The summed E-state index contributed by atoms with van der Waals surface area (Å²) in [4.78, 5) is 11.9. The molecule has 2 N–H and O–H groups in total. The summed E-state index contributed by atoms with van der Waals surface area (Å²) in [5.41, 5.74) is 2.88. The smallest absolute Gasteiger partial charge is 0.321 e. The van der Waals surface area contributed by atoms with Crippen LogP contribution in [0.5, 0.6) is 5.75 Å². The molecule has 0 spiro atoms. The Morgan fingerprint density at radius 3 is 2.73 bits per heavy atom. The summed E-state index contributed by atoms with van der Waals surface area (Å²) in [6, 6.07) is 13.2. The van der Waals surface area contributed by atoms with E-state index in [0.29, 0.717) is 0 Å². The van der Waals surface area contributed by atoms with Gasteiger partial charge in [0.15, 0.2) is 6.73 Å². The van der Waals surface area contributed by atoms with Crippen LogP contribution in [0, 0.1) is 6.92 Å². The molecule has 2 amide bonds. The number of rotatable bonds is 5. The number of halogens is 1.